The van der Waals surface area contributed by atoms with E-state index in [1.54, 1.807) is 4.90 Å². The molecule has 2 aliphatic rings. The third-order valence-corrected chi connectivity index (χ3v) is 6.31. The molecule has 1 aromatic carbocycles. The second-order valence-electron chi connectivity index (χ2n) is 8.24. The molecular weight excluding hydrogens is 380 g/mol. The van der Waals surface area contributed by atoms with Crippen molar-refractivity contribution in [3.05, 3.63) is 63.3 Å². The molecule has 30 heavy (non-hydrogen) atoms. The van der Waals surface area contributed by atoms with Gasteiger partial charge in [0.15, 0.2) is 0 Å². The van der Waals surface area contributed by atoms with Crippen LogP contribution in [0.5, 0.6) is 0 Å². The minimum Gasteiger partial charge on any atom is -0.337 e. The fraction of sp³-hybridized carbons (Fsp3) is 0.478. The summed E-state index contributed by atoms with van der Waals surface area (Å²) in [5.41, 5.74) is 2.15. The van der Waals surface area contributed by atoms with Crippen LogP contribution in [0.25, 0.3) is 0 Å². The van der Waals surface area contributed by atoms with E-state index in [0.29, 0.717) is 43.1 Å². The summed E-state index contributed by atoms with van der Waals surface area (Å²) in [6.45, 7) is 5.00. The first-order chi connectivity index (χ1) is 14.5. The van der Waals surface area contributed by atoms with Crippen molar-refractivity contribution in [2.75, 3.05) is 13.1 Å². The van der Waals surface area contributed by atoms with Gasteiger partial charge in [-0.1, -0.05) is 30.3 Å². The fourth-order valence-electron chi connectivity index (χ4n) is 4.50. The van der Waals surface area contributed by atoms with E-state index >= 15 is 0 Å². The first-order valence-electron chi connectivity index (χ1n) is 10.7. The highest BCUT2D eigenvalue weighted by molar-refractivity contribution is 5.83. The summed E-state index contributed by atoms with van der Waals surface area (Å²) in [6, 6.07) is 9.51. The van der Waals surface area contributed by atoms with E-state index in [0.717, 1.165) is 24.8 Å². The molecule has 158 valence electrons. The number of piperidine rings is 1. The van der Waals surface area contributed by atoms with Crippen LogP contribution in [0.15, 0.2) is 35.1 Å². The van der Waals surface area contributed by atoms with Crippen LogP contribution in [0.3, 0.4) is 0 Å². The number of amides is 2. The van der Waals surface area contributed by atoms with Gasteiger partial charge in [0, 0.05) is 25.6 Å². The van der Waals surface area contributed by atoms with Gasteiger partial charge >= 0.3 is 0 Å². The van der Waals surface area contributed by atoms with E-state index in [1.165, 1.54) is 6.92 Å². The molecule has 2 aromatic rings. The lowest BCUT2D eigenvalue weighted by molar-refractivity contribution is -0.136. The fourth-order valence-corrected chi connectivity index (χ4v) is 4.50. The molecule has 1 fully saturated rings. The smallest absolute Gasteiger partial charge is 0.254 e. The van der Waals surface area contributed by atoms with Gasteiger partial charge in [-0.05, 0) is 38.2 Å². The first kappa shape index (κ1) is 20.3. The van der Waals surface area contributed by atoms with E-state index in [9.17, 15) is 14.4 Å². The number of likely N-dealkylation sites (tertiary alicyclic amines) is 1. The van der Waals surface area contributed by atoms with E-state index in [4.69, 9.17) is 4.98 Å². The molecule has 3 heterocycles. The van der Waals surface area contributed by atoms with Gasteiger partial charge in [-0.25, -0.2) is 4.98 Å². The summed E-state index contributed by atoms with van der Waals surface area (Å²) < 4.78 is 0. The van der Waals surface area contributed by atoms with E-state index in [2.05, 4.69) is 4.98 Å². The number of aromatic nitrogens is 2. The summed E-state index contributed by atoms with van der Waals surface area (Å²) in [4.78, 5) is 49.2. The molecule has 7 nitrogen and oxygen atoms in total. The molecule has 7 heteroatoms. The van der Waals surface area contributed by atoms with Crippen LogP contribution < -0.4 is 5.56 Å². The van der Waals surface area contributed by atoms with Crippen LogP contribution in [0.4, 0.5) is 0 Å². The zero-order chi connectivity index (χ0) is 21.3. The number of carbonyl (C=O) groups excluding carboxylic acids is 2. The summed E-state index contributed by atoms with van der Waals surface area (Å²) >= 11 is 0. The maximum Gasteiger partial charge on any atom is 0.254 e. The van der Waals surface area contributed by atoms with Crippen LogP contribution in [0.2, 0.25) is 0 Å². The van der Waals surface area contributed by atoms with Crippen LogP contribution in [-0.2, 0) is 22.6 Å². The Morgan fingerprint density at radius 1 is 1.17 bits per heavy atom. The van der Waals surface area contributed by atoms with Gasteiger partial charge in [0.25, 0.3) is 5.56 Å². The third-order valence-electron chi connectivity index (χ3n) is 6.31. The number of nitrogens with one attached hydrogen (secondary N) is 1. The van der Waals surface area contributed by atoms with Crippen molar-refractivity contribution in [3.8, 4) is 0 Å². The average molecular weight is 409 g/mol. The van der Waals surface area contributed by atoms with Crippen molar-refractivity contribution in [1.82, 2.24) is 19.8 Å². The lowest BCUT2D eigenvalue weighted by Gasteiger charge is -2.37. The highest BCUT2D eigenvalue weighted by atomic mass is 16.2. The Kier molecular flexibility index (Phi) is 5.70. The molecule has 2 atom stereocenters. The predicted octanol–water partition coefficient (Wildman–Crippen LogP) is 2.53. The normalized spacial score (nSPS) is 19.9. The Bertz CT molecular complexity index is 1000. The van der Waals surface area contributed by atoms with Gasteiger partial charge < -0.3 is 14.8 Å². The van der Waals surface area contributed by atoms with Crippen molar-refractivity contribution < 1.29 is 9.59 Å². The maximum atomic E-state index is 13.4. The molecule has 0 radical (unpaired) electrons. The summed E-state index contributed by atoms with van der Waals surface area (Å²) in [5, 5.41) is 0. The maximum absolute atomic E-state index is 13.4. The van der Waals surface area contributed by atoms with Gasteiger partial charge in [-0.2, -0.15) is 0 Å². The van der Waals surface area contributed by atoms with E-state index in [-0.39, 0.29) is 29.3 Å². The molecule has 1 N–H and O–H groups in total. The second kappa shape index (κ2) is 8.42. The molecule has 0 unspecified atom stereocenters. The zero-order valence-corrected chi connectivity index (χ0v) is 17.6. The number of H-pyrrole nitrogens is 1. The highest BCUT2D eigenvalue weighted by Gasteiger charge is 2.34. The predicted molar refractivity (Wildman–Crippen MR) is 113 cm³/mol. The summed E-state index contributed by atoms with van der Waals surface area (Å²) in [7, 11) is 0. The van der Waals surface area contributed by atoms with Crippen molar-refractivity contribution in [2.24, 2.45) is 0 Å². The topological polar surface area (TPSA) is 86.4 Å². The highest BCUT2D eigenvalue weighted by Crippen LogP contribution is 2.32. The van der Waals surface area contributed by atoms with Crippen LogP contribution in [-0.4, -0.2) is 44.7 Å². The second-order valence-corrected chi connectivity index (χ2v) is 8.24. The zero-order valence-electron chi connectivity index (χ0n) is 17.6. The third kappa shape index (κ3) is 3.88. The lowest BCUT2D eigenvalue weighted by Crippen LogP contribution is -2.43. The van der Waals surface area contributed by atoms with Gasteiger partial charge in [0.05, 0.1) is 24.2 Å². The molecule has 0 aliphatic carbocycles. The molecular formula is C23H28N4O3. The first-order valence-corrected chi connectivity index (χ1v) is 10.7. The minimum absolute atomic E-state index is 0.0181. The van der Waals surface area contributed by atoms with Crippen LogP contribution in [0.1, 0.15) is 67.7 Å². The van der Waals surface area contributed by atoms with Gasteiger partial charge in [-0.15, -0.1) is 0 Å². The summed E-state index contributed by atoms with van der Waals surface area (Å²) in [6.07, 6.45) is 3.20. The Morgan fingerprint density at radius 2 is 1.93 bits per heavy atom. The van der Waals surface area contributed by atoms with Crippen molar-refractivity contribution in [2.45, 2.75) is 58.0 Å². The standard InChI is InChI=1S/C23H28N4O3/c1-15(17-8-4-3-5-9-17)23(30)27-12-7-6-10-20(27)21-24-19-14-26(16(2)28)13-11-18(19)22(29)25-21/h3-5,8-9,15,20H,6-7,10-14H2,1-2H3,(H,24,25,29)/t15-,20-/m1/s1. The Morgan fingerprint density at radius 3 is 2.67 bits per heavy atom. The minimum atomic E-state index is -0.260. The number of aromatic amines is 1. The van der Waals surface area contributed by atoms with Gasteiger partial charge in [0.2, 0.25) is 11.8 Å². The van der Waals surface area contributed by atoms with E-state index in [1.807, 2.05) is 42.2 Å². The van der Waals surface area contributed by atoms with E-state index < -0.39 is 0 Å². The monoisotopic (exact) mass is 408 g/mol. The number of fused-ring (bicyclic) bond motifs is 1. The van der Waals surface area contributed by atoms with Crippen LogP contribution in [0, 0.1) is 0 Å². The Balaban J connectivity index is 1.64. The molecule has 1 aromatic heterocycles. The molecule has 2 amide bonds. The molecule has 0 bridgehead atoms. The van der Waals surface area contributed by atoms with Gasteiger partial charge in [-0.3, -0.25) is 14.4 Å². The Hall–Kier alpha value is -2.96. The van der Waals surface area contributed by atoms with Crippen molar-refractivity contribution >= 4 is 11.8 Å². The molecule has 0 saturated carbocycles. The average Bonchev–Trinajstić information content (AvgIpc) is 2.78. The Labute approximate surface area is 176 Å². The number of hydrogen-bond acceptors (Lipinski definition) is 4. The van der Waals surface area contributed by atoms with Crippen LogP contribution >= 0.6 is 0 Å². The number of rotatable bonds is 3. The molecule has 1 saturated heterocycles. The molecule has 2 aliphatic heterocycles. The lowest BCUT2D eigenvalue weighted by atomic mass is 9.95. The summed E-state index contributed by atoms with van der Waals surface area (Å²) in [5.74, 6) is 0.314. The molecule has 4 rings (SSSR count). The van der Waals surface area contributed by atoms with Crippen molar-refractivity contribution in [1.29, 1.82) is 0 Å². The quantitative estimate of drug-likeness (QED) is 0.846. The van der Waals surface area contributed by atoms with Crippen molar-refractivity contribution in [3.63, 3.8) is 0 Å². The number of nitrogens with zero attached hydrogens (tertiary/aromatic N) is 3. The number of hydrogen-bond donors (Lipinski definition) is 1. The SMILES string of the molecule is CC(=O)N1CCc2c(nc([C@H]3CCCCN3C(=O)[C@H](C)c3ccccc3)[nH]c2=O)C1. The number of carbonyl (C=O) groups is 2. The molecule has 0 spiro atoms. The largest absolute Gasteiger partial charge is 0.337 e. The number of benzene rings is 1. The van der Waals surface area contributed by atoms with Gasteiger partial charge in [0.1, 0.15) is 5.82 Å².